The van der Waals surface area contributed by atoms with Crippen LogP contribution in [-0.2, 0) is 0 Å². The number of rotatable bonds is 2. The first-order chi connectivity index (χ1) is 13.1. The minimum Gasteiger partial charge on any atom is -0.354 e. The van der Waals surface area contributed by atoms with E-state index >= 15 is 0 Å². The first kappa shape index (κ1) is 17.5. The summed E-state index contributed by atoms with van der Waals surface area (Å²) in [7, 11) is 0. The monoisotopic (exact) mass is 382 g/mol. The van der Waals surface area contributed by atoms with Gasteiger partial charge in [-0.3, -0.25) is 0 Å². The van der Waals surface area contributed by atoms with E-state index in [0.717, 1.165) is 55.5 Å². The number of nitriles is 1. The summed E-state index contributed by atoms with van der Waals surface area (Å²) in [5.74, 6) is 2.38. The minimum atomic E-state index is 0.469. The zero-order chi connectivity index (χ0) is 19.0. The van der Waals surface area contributed by atoms with E-state index in [0.29, 0.717) is 16.4 Å². The smallest absolute Gasteiger partial charge is 0.254 e. The molecule has 1 saturated heterocycles. The van der Waals surface area contributed by atoms with Crippen molar-refractivity contribution in [2.45, 2.75) is 20.3 Å². The Morgan fingerprint density at radius 1 is 1.11 bits per heavy atom. The van der Waals surface area contributed by atoms with Crippen molar-refractivity contribution in [1.29, 1.82) is 5.26 Å². The van der Waals surface area contributed by atoms with Gasteiger partial charge in [-0.25, -0.2) is 9.97 Å². The largest absolute Gasteiger partial charge is 0.354 e. The molecule has 0 unspecified atom stereocenters. The molecular weight excluding hydrogens is 364 g/mol. The summed E-state index contributed by atoms with van der Waals surface area (Å²) in [6.07, 6.45) is 4.06. The molecule has 0 spiro atoms. The summed E-state index contributed by atoms with van der Waals surface area (Å²) in [6.45, 7) is 7.38. The zero-order valence-corrected chi connectivity index (χ0v) is 16.0. The van der Waals surface area contributed by atoms with E-state index in [1.165, 1.54) is 6.33 Å². The van der Waals surface area contributed by atoms with Crippen molar-refractivity contribution in [3.8, 4) is 6.07 Å². The molecule has 4 heterocycles. The summed E-state index contributed by atoms with van der Waals surface area (Å²) in [5, 5.41) is 13.9. The second-order valence-electron chi connectivity index (χ2n) is 6.59. The van der Waals surface area contributed by atoms with E-state index < -0.39 is 0 Å². The van der Waals surface area contributed by atoms with Crippen molar-refractivity contribution >= 4 is 29.0 Å². The number of aromatic nitrogens is 5. The van der Waals surface area contributed by atoms with Gasteiger partial charge in [-0.2, -0.15) is 19.9 Å². The third-order valence-electron chi connectivity index (χ3n) is 4.92. The maximum atomic E-state index is 9.00. The van der Waals surface area contributed by atoms with Gasteiger partial charge in [0.1, 0.15) is 24.0 Å². The molecule has 0 amide bonds. The van der Waals surface area contributed by atoms with E-state index in [2.05, 4.69) is 42.8 Å². The van der Waals surface area contributed by atoms with E-state index in [4.69, 9.17) is 16.9 Å². The number of hydrogen-bond donors (Lipinski definition) is 0. The zero-order valence-electron chi connectivity index (χ0n) is 15.2. The van der Waals surface area contributed by atoms with Gasteiger partial charge in [0, 0.05) is 43.6 Å². The minimum absolute atomic E-state index is 0.469. The van der Waals surface area contributed by atoms with E-state index in [1.807, 2.05) is 11.4 Å². The predicted octanol–water partition coefficient (Wildman–Crippen LogP) is 2.38. The molecule has 138 valence electrons. The normalized spacial score (nSPS) is 15.0. The topological polar surface area (TPSA) is 86.2 Å². The first-order valence-corrected chi connectivity index (χ1v) is 9.18. The molecule has 0 bridgehead atoms. The van der Waals surface area contributed by atoms with Gasteiger partial charge in [0.05, 0.1) is 10.6 Å². The molecule has 0 N–H and O–H groups in total. The molecule has 1 aliphatic rings. The molecule has 0 atom stereocenters. The summed E-state index contributed by atoms with van der Waals surface area (Å²) >= 11 is 6.36. The molecule has 8 nitrogen and oxygen atoms in total. The van der Waals surface area contributed by atoms with Crippen molar-refractivity contribution in [3.05, 3.63) is 40.4 Å². The van der Waals surface area contributed by atoms with Crippen LogP contribution in [0.2, 0.25) is 5.02 Å². The fourth-order valence-corrected chi connectivity index (χ4v) is 3.74. The van der Waals surface area contributed by atoms with Crippen LogP contribution in [0.4, 0.5) is 11.6 Å². The Kier molecular flexibility index (Phi) is 4.54. The average Bonchev–Trinajstić information content (AvgIpc) is 2.98. The average molecular weight is 383 g/mol. The number of aryl methyl sites for hydroxylation is 1. The fourth-order valence-electron chi connectivity index (χ4n) is 3.45. The van der Waals surface area contributed by atoms with Gasteiger partial charge in [-0.15, -0.1) is 0 Å². The predicted molar refractivity (Wildman–Crippen MR) is 103 cm³/mol. The lowest BCUT2D eigenvalue weighted by Crippen LogP contribution is -2.33. The Morgan fingerprint density at radius 3 is 2.67 bits per heavy atom. The quantitative estimate of drug-likeness (QED) is 0.672. The van der Waals surface area contributed by atoms with Crippen LogP contribution in [0.1, 0.15) is 23.2 Å². The highest BCUT2D eigenvalue weighted by atomic mass is 35.5. The van der Waals surface area contributed by atoms with Crippen LogP contribution in [0, 0.1) is 25.2 Å². The molecule has 0 radical (unpaired) electrons. The lowest BCUT2D eigenvalue weighted by molar-refractivity contribution is 0.761. The van der Waals surface area contributed by atoms with Crippen molar-refractivity contribution < 1.29 is 0 Å². The van der Waals surface area contributed by atoms with Crippen LogP contribution < -0.4 is 9.80 Å². The van der Waals surface area contributed by atoms with Gasteiger partial charge in [-0.1, -0.05) is 11.6 Å². The second kappa shape index (κ2) is 7.00. The van der Waals surface area contributed by atoms with Gasteiger partial charge in [-0.05, 0) is 26.3 Å². The van der Waals surface area contributed by atoms with Gasteiger partial charge in [0.15, 0.2) is 0 Å². The molecule has 1 fully saturated rings. The third-order valence-corrected chi connectivity index (χ3v) is 5.20. The maximum absolute atomic E-state index is 9.00. The highest BCUT2D eigenvalue weighted by molar-refractivity contribution is 6.33. The number of nitrogens with zero attached hydrogens (tertiary/aromatic N) is 8. The van der Waals surface area contributed by atoms with Crippen LogP contribution >= 0.6 is 11.6 Å². The molecule has 3 aromatic heterocycles. The molecule has 0 aliphatic carbocycles. The van der Waals surface area contributed by atoms with Crippen molar-refractivity contribution in [2.24, 2.45) is 0 Å². The first-order valence-electron chi connectivity index (χ1n) is 8.81. The molecule has 4 rings (SSSR count). The van der Waals surface area contributed by atoms with E-state index in [1.54, 1.807) is 12.3 Å². The van der Waals surface area contributed by atoms with Crippen LogP contribution in [0.5, 0.6) is 0 Å². The standard InChI is InChI=1S/C18H19ClN8/c1-12-13(2)24-18-22-11-23-27(18)17(12)26-5-3-4-25(6-7-26)16-15(19)8-14(9-20)10-21-16/h8,10-11H,3-7H2,1-2H3. The highest BCUT2D eigenvalue weighted by Crippen LogP contribution is 2.27. The third kappa shape index (κ3) is 3.15. The Hall–Kier alpha value is -2.92. The summed E-state index contributed by atoms with van der Waals surface area (Å²) in [6, 6.07) is 3.74. The summed E-state index contributed by atoms with van der Waals surface area (Å²) in [4.78, 5) is 17.6. The van der Waals surface area contributed by atoms with Crippen LogP contribution in [0.25, 0.3) is 5.78 Å². The van der Waals surface area contributed by atoms with Gasteiger partial charge in [0.2, 0.25) is 0 Å². The van der Waals surface area contributed by atoms with E-state index in [9.17, 15) is 0 Å². The number of hydrogen-bond acceptors (Lipinski definition) is 7. The Morgan fingerprint density at radius 2 is 1.89 bits per heavy atom. The summed E-state index contributed by atoms with van der Waals surface area (Å²) in [5.41, 5.74) is 2.54. The van der Waals surface area contributed by atoms with Crippen LogP contribution in [-0.4, -0.2) is 50.7 Å². The van der Waals surface area contributed by atoms with Crippen LogP contribution in [0.15, 0.2) is 18.6 Å². The molecule has 3 aromatic rings. The lowest BCUT2D eigenvalue weighted by Gasteiger charge is -2.26. The van der Waals surface area contributed by atoms with E-state index in [-0.39, 0.29) is 0 Å². The molecule has 1 aliphatic heterocycles. The SMILES string of the molecule is Cc1nc2ncnn2c(N2CCCN(c3ncc(C#N)cc3Cl)CC2)c1C. The Bertz CT molecular complexity index is 1040. The molecular formula is C18H19ClN8. The lowest BCUT2D eigenvalue weighted by atomic mass is 10.2. The number of pyridine rings is 1. The number of anilines is 2. The van der Waals surface area contributed by atoms with Gasteiger partial charge < -0.3 is 9.80 Å². The molecule has 9 heteroatoms. The maximum Gasteiger partial charge on any atom is 0.254 e. The fraction of sp³-hybridized carbons (Fsp3) is 0.389. The highest BCUT2D eigenvalue weighted by Gasteiger charge is 2.22. The number of halogens is 1. The number of fused-ring (bicyclic) bond motifs is 1. The van der Waals surface area contributed by atoms with Crippen molar-refractivity contribution in [1.82, 2.24) is 24.6 Å². The van der Waals surface area contributed by atoms with Crippen molar-refractivity contribution in [3.63, 3.8) is 0 Å². The Balaban J connectivity index is 1.62. The van der Waals surface area contributed by atoms with Crippen molar-refractivity contribution in [2.75, 3.05) is 36.0 Å². The van der Waals surface area contributed by atoms with Gasteiger partial charge in [0.25, 0.3) is 5.78 Å². The molecule has 27 heavy (non-hydrogen) atoms. The second-order valence-corrected chi connectivity index (χ2v) is 6.99. The summed E-state index contributed by atoms with van der Waals surface area (Å²) < 4.78 is 1.81. The van der Waals surface area contributed by atoms with Crippen LogP contribution in [0.3, 0.4) is 0 Å². The molecule has 0 aromatic carbocycles. The molecule has 0 saturated carbocycles. The van der Waals surface area contributed by atoms with Gasteiger partial charge >= 0.3 is 0 Å². The Labute approximate surface area is 162 Å².